The highest BCUT2D eigenvalue weighted by Crippen LogP contribution is 2.21. The highest BCUT2D eigenvalue weighted by Gasteiger charge is 2.07. The first-order valence-corrected chi connectivity index (χ1v) is 4.62. The van der Waals surface area contributed by atoms with Crippen molar-refractivity contribution in [1.29, 1.82) is 0 Å². The molecule has 4 heteroatoms. The lowest BCUT2D eigenvalue weighted by molar-refractivity contribution is 0.868. The van der Waals surface area contributed by atoms with Crippen molar-refractivity contribution < 1.29 is 0 Å². The molecule has 1 heterocycles. The van der Waals surface area contributed by atoms with Crippen LogP contribution in [0.15, 0.2) is 18.2 Å². The van der Waals surface area contributed by atoms with Gasteiger partial charge in [0.25, 0.3) is 0 Å². The summed E-state index contributed by atoms with van der Waals surface area (Å²) in [5.74, 6) is 6.53. The number of anilines is 1. The Labute approximate surface area is 82.5 Å². The second kappa shape index (κ2) is 2.90. The molecule has 0 atom stereocenters. The quantitative estimate of drug-likeness (QED) is 0.669. The number of nitrogens with two attached hydrogens (primary N) is 2. The molecule has 1 aromatic carbocycles. The largest absolute Gasteiger partial charge is 0.368 e. The van der Waals surface area contributed by atoms with Gasteiger partial charge in [-0.15, -0.1) is 0 Å². The van der Waals surface area contributed by atoms with E-state index in [9.17, 15) is 0 Å². The first-order chi connectivity index (χ1) is 6.59. The number of aromatic nitrogens is 2. The van der Waals surface area contributed by atoms with Gasteiger partial charge >= 0.3 is 0 Å². The van der Waals surface area contributed by atoms with Crippen molar-refractivity contribution in [3.63, 3.8) is 0 Å². The SMILES string of the molecule is CC(C)c1ccc2c(c1)nc(N)n2N. The van der Waals surface area contributed by atoms with Gasteiger partial charge in [-0.25, -0.2) is 9.66 Å². The Bertz CT molecular complexity index is 470. The summed E-state index contributed by atoms with van der Waals surface area (Å²) in [6.45, 7) is 4.29. The minimum Gasteiger partial charge on any atom is -0.368 e. The number of hydrogen-bond donors (Lipinski definition) is 2. The van der Waals surface area contributed by atoms with E-state index >= 15 is 0 Å². The van der Waals surface area contributed by atoms with Crippen molar-refractivity contribution in [3.05, 3.63) is 23.8 Å². The van der Waals surface area contributed by atoms with Crippen LogP contribution in [0.3, 0.4) is 0 Å². The highest BCUT2D eigenvalue weighted by molar-refractivity contribution is 5.79. The first-order valence-electron chi connectivity index (χ1n) is 4.62. The number of benzene rings is 1. The molecule has 0 saturated heterocycles. The van der Waals surface area contributed by atoms with E-state index in [0.29, 0.717) is 11.9 Å². The Morgan fingerprint density at radius 2 is 2.07 bits per heavy atom. The summed E-state index contributed by atoms with van der Waals surface area (Å²) in [5.41, 5.74) is 8.58. The maximum Gasteiger partial charge on any atom is 0.220 e. The Morgan fingerprint density at radius 3 is 2.71 bits per heavy atom. The summed E-state index contributed by atoms with van der Waals surface area (Å²) in [4.78, 5) is 4.17. The lowest BCUT2D eigenvalue weighted by atomic mass is 10.0. The van der Waals surface area contributed by atoms with Gasteiger partial charge in [-0.05, 0) is 23.6 Å². The standard InChI is InChI=1S/C10H14N4/c1-6(2)7-3-4-9-8(5-7)13-10(11)14(9)12/h3-6H,12H2,1-2H3,(H2,11,13). The van der Waals surface area contributed by atoms with Crippen molar-refractivity contribution in [2.75, 3.05) is 11.6 Å². The van der Waals surface area contributed by atoms with Crippen LogP contribution in [-0.4, -0.2) is 9.66 Å². The van der Waals surface area contributed by atoms with E-state index in [-0.39, 0.29) is 0 Å². The van der Waals surface area contributed by atoms with Gasteiger partial charge in [0.15, 0.2) is 0 Å². The van der Waals surface area contributed by atoms with Crippen LogP contribution in [0.1, 0.15) is 25.3 Å². The van der Waals surface area contributed by atoms with Gasteiger partial charge in [0.05, 0.1) is 11.0 Å². The predicted molar refractivity (Wildman–Crippen MR) is 58.4 cm³/mol. The predicted octanol–water partition coefficient (Wildman–Crippen LogP) is 1.46. The lowest BCUT2D eigenvalue weighted by Gasteiger charge is -2.04. The van der Waals surface area contributed by atoms with E-state index in [1.165, 1.54) is 10.2 Å². The Balaban J connectivity index is 2.67. The fraction of sp³-hybridized carbons (Fsp3) is 0.300. The number of hydrogen-bond acceptors (Lipinski definition) is 3. The first kappa shape index (κ1) is 8.87. The maximum absolute atomic E-state index is 5.69. The van der Waals surface area contributed by atoms with Gasteiger partial charge in [0.1, 0.15) is 0 Å². The van der Waals surface area contributed by atoms with Crippen LogP contribution in [0.25, 0.3) is 11.0 Å². The molecule has 0 amide bonds. The monoisotopic (exact) mass is 190 g/mol. The minimum absolute atomic E-state index is 0.348. The molecule has 0 fully saturated rings. The fourth-order valence-electron chi connectivity index (χ4n) is 1.49. The molecule has 0 radical (unpaired) electrons. The summed E-state index contributed by atoms with van der Waals surface area (Å²) < 4.78 is 1.40. The molecule has 2 aromatic rings. The zero-order valence-corrected chi connectivity index (χ0v) is 8.36. The summed E-state index contributed by atoms with van der Waals surface area (Å²) in [5, 5.41) is 0. The van der Waals surface area contributed by atoms with Crippen LogP contribution in [0.2, 0.25) is 0 Å². The van der Waals surface area contributed by atoms with Crippen LogP contribution in [0.4, 0.5) is 5.95 Å². The van der Waals surface area contributed by atoms with E-state index in [0.717, 1.165) is 11.0 Å². The fourth-order valence-corrected chi connectivity index (χ4v) is 1.49. The van der Waals surface area contributed by atoms with E-state index in [4.69, 9.17) is 11.6 Å². The molecule has 0 aliphatic carbocycles. The number of fused-ring (bicyclic) bond motifs is 1. The second-order valence-corrected chi connectivity index (χ2v) is 3.74. The molecular weight excluding hydrogens is 176 g/mol. The third-order valence-electron chi connectivity index (χ3n) is 2.41. The molecule has 14 heavy (non-hydrogen) atoms. The van der Waals surface area contributed by atoms with Gasteiger partial charge < -0.3 is 11.6 Å². The van der Waals surface area contributed by atoms with Crippen LogP contribution >= 0.6 is 0 Å². The number of nitrogen functional groups attached to an aromatic ring is 2. The van der Waals surface area contributed by atoms with Gasteiger partial charge in [-0.3, -0.25) is 0 Å². The zero-order chi connectivity index (χ0) is 10.3. The van der Waals surface area contributed by atoms with E-state index in [2.05, 4.69) is 24.9 Å². The summed E-state index contributed by atoms with van der Waals surface area (Å²) in [6, 6.07) is 6.03. The van der Waals surface area contributed by atoms with Gasteiger partial charge in [0.2, 0.25) is 5.95 Å². The van der Waals surface area contributed by atoms with Crippen molar-refractivity contribution >= 4 is 17.0 Å². The molecule has 0 bridgehead atoms. The molecule has 4 N–H and O–H groups in total. The average Bonchev–Trinajstić information content (AvgIpc) is 2.42. The summed E-state index contributed by atoms with van der Waals surface area (Å²) in [6.07, 6.45) is 0. The molecular formula is C10H14N4. The minimum atomic E-state index is 0.348. The van der Waals surface area contributed by atoms with Crippen LogP contribution in [0.5, 0.6) is 0 Å². The van der Waals surface area contributed by atoms with Crippen molar-refractivity contribution in [3.8, 4) is 0 Å². The Morgan fingerprint density at radius 1 is 1.36 bits per heavy atom. The third kappa shape index (κ3) is 1.19. The zero-order valence-electron chi connectivity index (χ0n) is 8.36. The molecule has 0 aliphatic heterocycles. The molecule has 0 spiro atoms. The van der Waals surface area contributed by atoms with E-state index in [1.54, 1.807) is 0 Å². The molecule has 74 valence electrons. The Kier molecular flexibility index (Phi) is 1.84. The number of imidazole rings is 1. The summed E-state index contributed by atoms with van der Waals surface area (Å²) >= 11 is 0. The van der Waals surface area contributed by atoms with Gasteiger partial charge in [-0.2, -0.15) is 0 Å². The Hall–Kier alpha value is -1.71. The molecule has 0 unspecified atom stereocenters. The molecule has 0 saturated carbocycles. The average molecular weight is 190 g/mol. The smallest absolute Gasteiger partial charge is 0.220 e. The number of nitrogens with zero attached hydrogens (tertiary/aromatic N) is 2. The van der Waals surface area contributed by atoms with Gasteiger partial charge in [0, 0.05) is 0 Å². The number of rotatable bonds is 1. The van der Waals surface area contributed by atoms with Crippen molar-refractivity contribution in [1.82, 2.24) is 9.66 Å². The topological polar surface area (TPSA) is 69.9 Å². The van der Waals surface area contributed by atoms with Crippen LogP contribution in [-0.2, 0) is 0 Å². The maximum atomic E-state index is 5.69. The van der Waals surface area contributed by atoms with Gasteiger partial charge in [-0.1, -0.05) is 19.9 Å². The van der Waals surface area contributed by atoms with Crippen molar-refractivity contribution in [2.45, 2.75) is 19.8 Å². The lowest BCUT2D eigenvalue weighted by Crippen LogP contribution is -2.11. The van der Waals surface area contributed by atoms with E-state index < -0.39 is 0 Å². The molecule has 0 aliphatic rings. The molecule has 1 aromatic heterocycles. The second-order valence-electron chi connectivity index (χ2n) is 3.74. The summed E-state index contributed by atoms with van der Waals surface area (Å²) in [7, 11) is 0. The van der Waals surface area contributed by atoms with Crippen LogP contribution in [0, 0.1) is 0 Å². The van der Waals surface area contributed by atoms with E-state index in [1.807, 2.05) is 12.1 Å². The highest BCUT2D eigenvalue weighted by atomic mass is 15.4. The normalized spacial score (nSPS) is 11.4. The van der Waals surface area contributed by atoms with Crippen LogP contribution < -0.4 is 11.6 Å². The van der Waals surface area contributed by atoms with Crippen molar-refractivity contribution in [2.24, 2.45) is 0 Å². The molecule has 2 rings (SSSR count). The molecule has 4 nitrogen and oxygen atoms in total. The third-order valence-corrected chi connectivity index (χ3v) is 2.41.